The standard InChI is InChI=1S/3C13H8NS.Ir/c3*1-2-7-12-10(5-1)9-13(15-12)11-6-3-4-8-14-11;/h3*1-8H;/q3*-1;+3. The maximum Gasteiger partial charge on any atom is 3.00 e. The molecule has 0 aliphatic rings. The zero-order valence-corrected chi connectivity index (χ0v) is 29.1. The molecule has 222 valence electrons. The zero-order valence-electron chi connectivity index (χ0n) is 24.3. The van der Waals surface area contributed by atoms with Crippen molar-refractivity contribution in [3.8, 4) is 31.7 Å². The summed E-state index contributed by atoms with van der Waals surface area (Å²) >= 11 is 5.20. The topological polar surface area (TPSA) is 38.7 Å². The van der Waals surface area contributed by atoms with Crippen LogP contribution in [-0.2, 0) is 20.1 Å². The molecule has 3 nitrogen and oxygen atoms in total. The van der Waals surface area contributed by atoms with Crippen molar-refractivity contribution >= 4 is 64.3 Å². The van der Waals surface area contributed by atoms with Gasteiger partial charge in [0.15, 0.2) is 0 Å². The van der Waals surface area contributed by atoms with E-state index >= 15 is 0 Å². The van der Waals surface area contributed by atoms with Crippen LogP contribution in [0.5, 0.6) is 0 Å². The van der Waals surface area contributed by atoms with Gasteiger partial charge in [0.25, 0.3) is 0 Å². The molecule has 0 amide bonds. The van der Waals surface area contributed by atoms with Crippen LogP contribution in [-0.4, -0.2) is 15.0 Å². The van der Waals surface area contributed by atoms with Crippen molar-refractivity contribution in [1.29, 1.82) is 0 Å². The van der Waals surface area contributed by atoms with Crippen molar-refractivity contribution in [2.24, 2.45) is 0 Å². The van der Waals surface area contributed by atoms with Gasteiger partial charge in [0.2, 0.25) is 0 Å². The van der Waals surface area contributed by atoms with Crippen molar-refractivity contribution < 1.29 is 20.1 Å². The maximum atomic E-state index is 4.32. The molecule has 0 N–H and O–H groups in total. The molecule has 0 spiro atoms. The van der Waals surface area contributed by atoms with Gasteiger partial charge in [-0.05, 0) is 46.9 Å². The van der Waals surface area contributed by atoms with Crippen molar-refractivity contribution in [2.45, 2.75) is 0 Å². The molecule has 0 atom stereocenters. The number of fused-ring (bicyclic) bond motifs is 3. The molecule has 9 aromatic rings. The normalized spacial score (nSPS) is 10.4. The summed E-state index contributed by atoms with van der Waals surface area (Å²) in [5.41, 5.74) is 3.00. The number of aromatic nitrogens is 3. The van der Waals surface area contributed by atoms with Crippen LogP contribution >= 0.6 is 34.0 Å². The Balaban J connectivity index is 0.000000120. The SMILES string of the molecule is [Ir+3].[c-]1c(-c2ccccn2)sc2ccccc12.[c-]1c(-c2ccccn2)sc2ccccc12.[c-]1c(-c2ccccn2)sc2ccccc12. The summed E-state index contributed by atoms with van der Waals surface area (Å²) in [4.78, 5) is 16.3. The number of benzene rings is 3. The van der Waals surface area contributed by atoms with Crippen molar-refractivity contribution in [1.82, 2.24) is 15.0 Å². The molecule has 0 saturated heterocycles. The minimum absolute atomic E-state index is 0. The maximum absolute atomic E-state index is 4.32. The van der Waals surface area contributed by atoms with Crippen LogP contribution in [0, 0.1) is 18.2 Å². The van der Waals surface area contributed by atoms with Crippen molar-refractivity contribution in [3.05, 3.63) is 164 Å². The number of pyridine rings is 3. The molecule has 0 aliphatic heterocycles. The average molecular weight is 823 g/mol. The molecule has 0 radical (unpaired) electrons. The van der Waals surface area contributed by atoms with Gasteiger partial charge >= 0.3 is 20.1 Å². The first kappa shape index (κ1) is 31.6. The first-order valence-corrected chi connectivity index (χ1v) is 16.7. The second-order valence-electron chi connectivity index (χ2n) is 9.80. The first-order valence-electron chi connectivity index (χ1n) is 14.3. The van der Waals surface area contributed by atoms with E-state index in [0.29, 0.717) is 0 Å². The molecule has 0 fully saturated rings. The van der Waals surface area contributed by atoms with Crippen LogP contribution in [0.3, 0.4) is 0 Å². The number of thiophene rings is 3. The summed E-state index contributed by atoms with van der Waals surface area (Å²) in [6.45, 7) is 0. The summed E-state index contributed by atoms with van der Waals surface area (Å²) in [7, 11) is 0. The van der Waals surface area contributed by atoms with E-state index in [1.165, 1.54) is 30.3 Å². The smallest absolute Gasteiger partial charge is 0.303 e. The van der Waals surface area contributed by atoms with Gasteiger partial charge in [0.05, 0.1) is 0 Å². The number of nitrogens with zero attached hydrogens (tertiary/aromatic N) is 3. The van der Waals surface area contributed by atoms with Crippen LogP contribution in [0.25, 0.3) is 62.0 Å². The molecule has 3 aromatic carbocycles. The van der Waals surface area contributed by atoms with Crippen LogP contribution in [0.2, 0.25) is 0 Å². The molecule has 9 rings (SSSR count). The average Bonchev–Trinajstić information content (AvgIpc) is 3.87. The van der Waals surface area contributed by atoms with Gasteiger partial charge in [0.1, 0.15) is 0 Å². The van der Waals surface area contributed by atoms with E-state index in [-0.39, 0.29) is 20.1 Å². The second-order valence-corrected chi connectivity index (χ2v) is 13.0. The minimum atomic E-state index is 0. The molecule has 0 aliphatic carbocycles. The summed E-state index contributed by atoms with van der Waals surface area (Å²) in [6.07, 6.45) is 5.44. The van der Waals surface area contributed by atoms with Crippen molar-refractivity contribution in [3.63, 3.8) is 0 Å². The van der Waals surface area contributed by atoms with Crippen molar-refractivity contribution in [2.75, 3.05) is 0 Å². The number of hydrogen-bond acceptors (Lipinski definition) is 6. The van der Waals surface area contributed by atoms with E-state index in [2.05, 4.69) is 87.7 Å². The van der Waals surface area contributed by atoms with E-state index in [1.807, 2.05) is 91.4 Å². The van der Waals surface area contributed by atoms with Gasteiger partial charge in [-0.1, -0.05) is 72.8 Å². The van der Waals surface area contributed by atoms with Gasteiger partial charge in [-0.3, -0.25) is 0 Å². The predicted molar refractivity (Wildman–Crippen MR) is 192 cm³/mol. The van der Waals surface area contributed by atoms with Crippen LogP contribution < -0.4 is 0 Å². The fourth-order valence-electron chi connectivity index (χ4n) is 4.59. The number of rotatable bonds is 3. The van der Waals surface area contributed by atoms with E-state index in [1.54, 1.807) is 34.0 Å². The van der Waals surface area contributed by atoms with E-state index in [0.717, 1.165) is 31.7 Å². The van der Waals surface area contributed by atoms with Gasteiger partial charge in [-0.2, -0.15) is 0 Å². The Hall–Kier alpha value is -4.36. The molecule has 0 unspecified atom stereocenters. The predicted octanol–water partition coefficient (Wildman–Crippen LogP) is 11.3. The zero-order chi connectivity index (χ0) is 30.3. The first-order chi connectivity index (χ1) is 22.3. The minimum Gasteiger partial charge on any atom is -0.303 e. The van der Waals surface area contributed by atoms with E-state index in [9.17, 15) is 0 Å². The molecule has 0 bridgehead atoms. The monoisotopic (exact) mass is 823 g/mol. The Kier molecular flexibility index (Phi) is 10.5. The summed E-state index contributed by atoms with van der Waals surface area (Å²) in [6, 6.07) is 52.8. The molecule has 6 heterocycles. The van der Waals surface area contributed by atoms with Crippen LogP contribution in [0.15, 0.2) is 146 Å². The molecule has 7 heteroatoms. The fourth-order valence-corrected chi connectivity index (χ4v) is 7.54. The largest absolute Gasteiger partial charge is 3.00 e. The van der Waals surface area contributed by atoms with Gasteiger partial charge in [0, 0.05) is 35.7 Å². The van der Waals surface area contributed by atoms with E-state index in [4.69, 9.17) is 0 Å². The summed E-state index contributed by atoms with van der Waals surface area (Å²) in [5.74, 6) is 0. The Bertz CT molecular complexity index is 1920. The second kappa shape index (κ2) is 15.3. The quantitative estimate of drug-likeness (QED) is 0.167. The third-order valence-corrected chi connectivity index (χ3v) is 10.0. The molecular formula is C39H24IrN3S3. The van der Waals surface area contributed by atoms with E-state index < -0.39 is 0 Å². The number of hydrogen-bond donors (Lipinski definition) is 0. The molecule has 46 heavy (non-hydrogen) atoms. The van der Waals surface area contributed by atoms with Gasteiger partial charge in [-0.25, -0.2) is 34.0 Å². The third-order valence-electron chi connectivity index (χ3n) is 6.73. The summed E-state index contributed by atoms with van der Waals surface area (Å²) < 4.78 is 3.79. The Labute approximate surface area is 293 Å². The fraction of sp³-hybridized carbons (Fsp3) is 0. The Morgan fingerprint density at radius 1 is 0.348 bits per heavy atom. The Morgan fingerprint density at radius 2 is 0.630 bits per heavy atom. The molecular weight excluding hydrogens is 799 g/mol. The van der Waals surface area contributed by atoms with Gasteiger partial charge < -0.3 is 15.0 Å². The molecule has 0 saturated carbocycles. The van der Waals surface area contributed by atoms with Crippen LogP contribution in [0.4, 0.5) is 0 Å². The summed E-state index contributed by atoms with van der Waals surface area (Å²) in [5, 5.41) is 3.51. The van der Waals surface area contributed by atoms with Gasteiger partial charge in [-0.15, -0.1) is 70.8 Å². The Morgan fingerprint density at radius 3 is 0.891 bits per heavy atom. The third kappa shape index (κ3) is 7.53. The van der Waals surface area contributed by atoms with Crippen LogP contribution in [0.1, 0.15) is 0 Å². The molecule has 6 aromatic heterocycles.